The van der Waals surface area contributed by atoms with Crippen LogP contribution in [0.1, 0.15) is 56.4 Å². The van der Waals surface area contributed by atoms with Gasteiger partial charge in [-0.05, 0) is 24.1 Å². The summed E-state index contributed by atoms with van der Waals surface area (Å²) in [5, 5.41) is 6.06. The number of nitrogens with one attached hydrogen (secondary N) is 1. The largest absolute Gasteiger partial charge is 0.332 e. The first-order chi connectivity index (χ1) is 11.3. The number of rotatable bonds is 5. The predicted molar refractivity (Wildman–Crippen MR) is 98.1 cm³/mol. The van der Waals surface area contributed by atoms with Gasteiger partial charge in [0.2, 0.25) is 0 Å². The Morgan fingerprint density at radius 2 is 2.00 bits per heavy atom. The molecule has 0 saturated heterocycles. The highest BCUT2D eigenvalue weighted by Crippen LogP contribution is 2.26. The van der Waals surface area contributed by atoms with Crippen LogP contribution in [0.2, 0.25) is 0 Å². The summed E-state index contributed by atoms with van der Waals surface area (Å²) in [7, 11) is 1.82. The van der Waals surface area contributed by atoms with Gasteiger partial charge in [0.1, 0.15) is 0 Å². The average molecular weight is 347 g/mol. The second-order valence-corrected chi connectivity index (χ2v) is 7.73. The fourth-order valence-electron chi connectivity index (χ4n) is 2.48. The Labute approximate surface area is 148 Å². The Bertz CT molecular complexity index is 663. The molecule has 2 rings (SSSR count). The van der Waals surface area contributed by atoms with Crippen molar-refractivity contribution in [3.05, 3.63) is 46.2 Å². The van der Waals surface area contributed by atoms with Crippen molar-refractivity contribution in [2.75, 3.05) is 7.05 Å². The van der Waals surface area contributed by atoms with E-state index in [9.17, 15) is 4.79 Å². The van der Waals surface area contributed by atoms with Crippen LogP contribution in [0.5, 0.6) is 0 Å². The third-order valence-electron chi connectivity index (χ3n) is 3.88. The van der Waals surface area contributed by atoms with Gasteiger partial charge in [0.05, 0.1) is 23.3 Å². The van der Waals surface area contributed by atoms with Crippen molar-refractivity contribution in [1.82, 2.24) is 20.2 Å². The lowest BCUT2D eigenvalue weighted by molar-refractivity contribution is 0.188. The molecule has 0 bridgehead atoms. The number of hydrogen-bond donors (Lipinski definition) is 1. The van der Waals surface area contributed by atoms with Gasteiger partial charge in [0, 0.05) is 30.2 Å². The number of aromatic nitrogens is 2. The van der Waals surface area contributed by atoms with E-state index in [0.717, 1.165) is 22.7 Å². The van der Waals surface area contributed by atoms with Crippen LogP contribution < -0.4 is 5.32 Å². The van der Waals surface area contributed by atoms with Crippen molar-refractivity contribution in [3.8, 4) is 0 Å². The first-order valence-electron chi connectivity index (χ1n) is 8.18. The van der Waals surface area contributed by atoms with E-state index >= 15 is 0 Å². The Morgan fingerprint density at radius 1 is 1.33 bits per heavy atom. The topological polar surface area (TPSA) is 58.1 Å². The molecule has 0 fully saturated rings. The Morgan fingerprint density at radius 3 is 2.54 bits per heavy atom. The normalized spacial score (nSPS) is 12.7. The number of carbonyl (C=O) groups excluding carboxylic acids is 1. The zero-order valence-corrected chi connectivity index (χ0v) is 15.9. The number of hydrogen-bond acceptors (Lipinski definition) is 4. The summed E-state index contributed by atoms with van der Waals surface area (Å²) in [4.78, 5) is 22.9. The molecule has 1 atom stereocenters. The lowest BCUT2D eigenvalue weighted by Crippen LogP contribution is -2.39. The average Bonchev–Trinajstić information content (AvgIpc) is 3.03. The van der Waals surface area contributed by atoms with Crippen LogP contribution in [-0.4, -0.2) is 27.9 Å². The Balaban J connectivity index is 1.97. The molecule has 0 radical (unpaired) electrons. The van der Waals surface area contributed by atoms with Gasteiger partial charge in [-0.25, -0.2) is 9.78 Å². The van der Waals surface area contributed by atoms with Gasteiger partial charge < -0.3 is 10.2 Å². The molecule has 2 aromatic heterocycles. The molecule has 2 amide bonds. The molecule has 24 heavy (non-hydrogen) atoms. The first-order valence-corrected chi connectivity index (χ1v) is 9.06. The number of thiazole rings is 1. The van der Waals surface area contributed by atoms with E-state index in [2.05, 4.69) is 43.0 Å². The third-order valence-corrected chi connectivity index (χ3v) is 5.20. The van der Waals surface area contributed by atoms with Gasteiger partial charge in [0.15, 0.2) is 0 Å². The maximum atomic E-state index is 12.5. The molecule has 0 aliphatic heterocycles. The second-order valence-electron chi connectivity index (χ2n) is 6.87. The summed E-state index contributed by atoms with van der Waals surface area (Å²) in [6.07, 6.45) is 4.36. The molecular formula is C18H26N4OS. The van der Waals surface area contributed by atoms with E-state index in [1.165, 1.54) is 0 Å². The zero-order chi connectivity index (χ0) is 17.7. The van der Waals surface area contributed by atoms with E-state index in [4.69, 9.17) is 0 Å². The number of urea groups is 1. The molecule has 0 aliphatic rings. The van der Waals surface area contributed by atoms with E-state index in [-0.39, 0.29) is 17.5 Å². The standard InChI is InChI=1S/C18H26N4OS/c1-6-15(13-7-9-19-10-8-13)22(5)17(23)20-11-14-12-24-16(21-14)18(2,3)4/h7-10,12,15H,6,11H2,1-5H3,(H,20,23)/t15-/m0/s1. The quantitative estimate of drug-likeness (QED) is 0.885. The van der Waals surface area contributed by atoms with Crippen molar-refractivity contribution < 1.29 is 4.79 Å². The van der Waals surface area contributed by atoms with E-state index in [0.29, 0.717) is 6.54 Å². The van der Waals surface area contributed by atoms with Crippen molar-refractivity contribution in [3.63, 3.8) is 0 Å². The van der Waals surface area contributed by atoms with Crippen molar-refractivity contribution >= 4 is 17.4 Å². The highest BCUT2D eigenvalue weighted by atomic mass is 32.1. The molecule has 0 saturated carbocycles. The Hall–Kier alpha value is -1.95. The molecule has 130 valence electrons. The van der Waals surface area contributed by atoms with E-state index in [1.54, 1.807) is 28.6 Å². The fraction of sp³-hybridized carbons (Fsp3) is 0.500. The Kier molecular flexibility index (Phi) is 5.94. The lowest BCUT2D eigenvalue weighted by atomic mass is 9.98. The maximum Gasteiger partial charge on any atom is 0.317 e. The smallest absolute Gasteiger partial charge is 0.317 e. The number of pyridine rings is 1. The molecule has 1 N–H and O–H groups in total. The van der Waals surface area contributed by atoms with Crippen LogP contribution in [-0.2, 0) is 12.0 Å². The van der Waals surface area contributed by atoms with Gasteiger partial charge in [0.25, 0.3) is 0 Å². The van der Waals surface area contributed by atoms with Gasteiger partial charge in [-0.2, -0.15) is 0 Å². The third kappa shape index (κ3) is 4.54. The summed E-state index contributed by atoms with van der Waals surface area (Å²) in [5.41, 5.74) is 2.04. The van der Waals surface area contributed by atoms with Crippen LogP contribution in [0.25, 0.3) is 0 Å². The molecule has 0 aromatic carbocycles. The van der Waals surface area contributed by atoms with Gasteiger partial charge in [-0.15, -0.1) is 11.3 Å². The van der Waals surface area contributed by atoms with Gasteiger partial charge in [-0.1, -0.05) is 27.7 Å². The van der Waals surface area contributed by atoms with Crippen LogP contribution in [0, 0.1) is 0 Å². The fourth-order valence-corrected chi connectivity index (χ4v) is 3.39. The van der Waals surface area contributed by atoms with Gasteiger partial charge in [-0.3, -0.25) is 4.98 Å². The molecule has 0 unspecified atom stereocenters. The summed E-state index contributed by atoms with van der Waals surface area (Å²) in [6, 6.07) is 3.85. The summed E-state index contributed by atoms with van der Waals surface area (Å²) >= 11 is 1.64. The summed E-state index contributed by atoms with van der Waals surface area (Å²) < 4.78 is 0. The van der Waals surface area contributed by atoms with Crippen molar-refractivity contribution in [2.24, 2.45) is 0 Å². The molecule has 0 spiro atoms. The monoisotopic (exact) mass is 346 g/mol. The molecule has 6 heteroatoms. The highest BCUT2D eigenvalue weighted by molar-refractivity contribution is 7.09. The van der Waals surface area contributed by atoms with Crippen LogP contribution in [0.15, 0.2) is 29.9 Å². The van der Waals surface area contributed by atoms with E-state index in [1.807, 2.05) is 24.6 Å². The number of nitrogens with zero attached hydrogens (tertiary/aromatic N) is 3. The number of amides is 2. The molecule has 0 aliphatic carbocycles. The summed E-state index contributed by atoms with van der Waals surface area (Å²) in [5.74, 6) is 0. The van der Waals surface area contributed by atoms with Crippen molar-refractivity contribution in [2.45, 2.75) is 52.1 Å². The highest BCUT2D eigenvalue weighted by Gasteiger charge is 2.21. The number of carbonyl (C=O) groups is 1. The minimum atomic E-state index is -0.0935. The van der Waals surface area contributed by atoms with Crippen molar-refractivity contribution in [1.29, 1.82) is 0 Å². The SMILES string of the molecule is CC[C@@H](c1ccncc1)N(C)C(=O)NCc1csc(C(C)(C)C)n1. The minimum absolute atomic E-state index is 0.0357. The lowest BCUT2D eigenvalue weighted by Gasteiger charge is -2.27. The zero-order valence-electron chi connectivity index (χ0n) is 15.0. The predicted octanol–water partition coefficient (Wildman–Crippen LogP) is 4.13. The minimum Gasteiger partial charge on any atom is -0.332 e. The van der Waals surface area contributed by atoms with Crippen LogP contribution in [0.4, 0.5) is 4.79 Å². The van der Waals surface area contributed by atoms with Crippen LogP contribution >= 0.6 is 11.3 Å². The molecular weight excluding hydrogens is 320 g/mol. The first kappa shape index (κ1) is 18.4. The molecule has 2 aromatic rings. The van der Waals surface area contributed by atoms with Gasteiger partial charge >= 0.3 is 6.03 Å². The second kappa shape index (κ2) is 7.75. The maximum absolute atomic E-state index is 12.5. The molecule has 2 heterocycles. The molecule has 5 nitrogen and oxygen atoms in total. The van der Waals surface area contributed by atoms with E-state index < -0.39 is 0 Å². The summed E-state index contributed by atoms with van der Waals surface area (Å²) in [6.45, 7) is 8.95. The van der Waals surface area contributed by atoms with Crippen LogP contribution in [0.3, 0.4) is 0 Å².